The number of carbonyl (C=O) groups is 1. The Balaban J connectivity index is 3.83. The summed E-state index contributed by atoms with van der Waals surface area (Å²) >= 11 is 0. The van der Waals surface area contributed by atoms with Gasteiger partial charge in [0.1, 0.15) is 0 Å². The Morgan fingerprint density at radius 1 is 1.50 bits per heavy atom. The van der Waals surface area contributed by atoms with E-state index in [1.54, 1.807) is 6.92 Å². The minimum absolute atomic E-state index is 0.455. The van der Waals surface area contributed by atoms with Crippen molar-refractivity contribution in [1.82, 2.24) is 0 Å². The molecule has 2 atom stereocenters. The van der Waals surface area contributed by atoms with Crippen molar-refractivity contribution >= 4 is 5.97 Å². The van der Waals surface area contributed by atoms with Crippen molar-refractivity contribution < 1.29 is 15.0 Å². The average Bonchev–Trinajstić information content (AvgIpc) is 1.97. The van der Waals surface area contributed by atoms with Gasteiger partial charge in [-0.1, -0.05) is 18.2 Å². The molecule has 0 aliphatic heterocycles. The smallest absolute Gasteiger partial charge is 0.328 e. The van der Waals surface area contributed by atoms with Gasteiger partial charge < -0.3 is 15.9 Å². The van der Waals surface area contributed by atoms with E-state index in [4.69, 9.17) is 15.9 Å². The van der Waals surface area contributed by atoms with Gasteiger partial charge in [-0.3, -0.25) is 0 Å². The lowest BCUT2D eigenvalue weighted by atomic mass is 10.2. The number of carboxylic acids is 1. The highest BCUT2D eigenvalue weighted by molar-refractivity contribution is 5.80. The number of hydrogen-bond acceptors (Lipinski definition) is 3. The van der Waals surface area contributed by atoms with Crippen molar-refractivity contribution in [3.63, 3.8) is 0 Å². The fourth-order valence-electron chi connectivity index (χ4n) is 0.491. The van der Waals surface area contributed by atoms with Gasteiger partial charge in [-0.15, -0.1) is 0 Å². The number of nitrogens with two attached hydrogens (primary N) is 1. The van der Waals surface area contributed by atoms with Crippen molar-refractivity contribution in [3.05, 3.63) is 24.3 Å². The van der Waals surface area contributed by atoms with Crippen LogP contribution in [0.25, 0.3) is 0 Å². The van der Waals surface area contributed by atoms with Gasteiger partial charge >= 0.3 is 5.97 Å². The first-order valence-corrected chi connectivity index (χ1v) is 3.55. The highest BCUT2D eigenvalue weighted by Crippen LogP contribution is 1.90. The first-order valence-electron chi connectivity index (χ1n) is 3.55. The lowest BCUT2D eigenvalue weighted by molar-refractivity contribution is -0.131. The van der Waals surface area contributed by atoms with Crippen LogP contribution >= 0.6 is 0 Å². The highest BCUT2D eigenvalue weighted by atomic mass is 16.4. The molecule has 0 rings (SSSR count). The lowest BCUT2D eigenvalue weighted by Crippen LogP contribution is -2.29. The molecular weight excluding hydrogens is 158 g/mol. The Hall–Kier alpha value is -1.13. The Kier molecular flexibility index (Phi) is 4.99. The SMILES string of the molecule is C[C@@H](O)[C@@H](N)/C=C/C=C/C(=O)O. The number of allylic oxidation sites excluding steroid dienone is 2. The Morgan fingerprint density at radius 2 is 2.08 bits per heavy atom. The molecule has 0 saturated heterocycles. The number of hydrogen-bond donors (Lipinski definition) is 3. The predicted molar refractivity (Wildman–Crippen MR) is 45.6 cm³/mol. The van der Waals surface area contributed by atoms with E-state index in [0.717, 1.165) is 6.08 Å². The molecule has 0 aromatic heterocycles. The number of rotatable bonds is 4. The predicted octanol–water partition coefficient (Wildman–Crippen LogP) is -0.109. The highest BCUT2D eigenvalue weighted by Gasteiger charge is 2.02. The summed E-state index contributed by atoms with van der Waals surface area (Å²) in [6.07, 6.45) is 4.74. The maximum absolute atomic E-state index is 9.98. The number of aliphatic carboxylic acids is 1. The van der Waals surface area contributed by atoms with E-state index >= 15 is 0 Å². The minimum Gasteiger partial charge on any atom is -0.478 e. The molecular formula is C8H13NO3. The summed E-state index contributed by atoms with van der Waals surface area (Å²) in [6.45, 7) is 1.57. The van der Waals surface area contributed by atoms with Crippen molar-refractivity contribution in [2.24, 2.45) is 5.73 Å². The van der Waals surface area contributed by atoms with E-state index in [1.165, 1.54) is 18.2 Å². The van der Waals surface area contributed by atoms with Crippen molar-refractivity contribution in [2.75, 3.05) is 0 Å². The molecule has 0 fully saturated rings. The minimum atomic E-state index is -1.01. The standard InChI is InChI=1S/C8H13NO3/c1-6(10)7(9)4-2-3-5-8(11)12/h2-7,10H,9H2,1H3,(H,11,12)/b4-2+,5-3+/t6-,7+/m1/s1. The van der Waals surface area contributed by atoms with E-state index in [0.29, 0.717) is 0 Å². The number of carboxylic acid groups (broad SMARTS) is 1. The third-order valence-corrected chi connectivity index (χ3v) is 1.24. The molecule has 0 spiro atoms. The molecule has 68 valence electrons. The van der Waals surface area contributed by atoms with Crippen molar-refractivity contribution in [3.8, 4) is 0 Å². The molecule has 4 nitrogen and oxygen atoms in total. The van der Waals surface area contributed by atoms with Crippen LogP contribution in [0.2, 0.25) is 0 Å². The Bertz CT molecular complexity index is 196. The van der Waals surface area contributed by atoms with Gasteiger partial charge in [0.2, 0.25) is 0 Å². The van der Waals surface area contributed by atoms with Crippen LogP contribution in [0.4, 0.5) is 0 Å². The van der Waals surface area contributed by atoms with Crippen LogP contribution in [-0.4, -0.2) is 28.3 Å². The summed E-state index contributed by atoms with van der Waals surface area (Å²) in [5, 5.41) is 17.1. The van der Waals surface area contributed by atoms with Gasteiger partial charge in [-0.2, -0.15) is 0 Å². The van der Waals surface area contributed by atoms with Gasteiger partial charge in [0, 0.05) is 12.1 Å². The monoisotopic (exact) mass is 171 g/mol. The number of aliphatic hydroxyl groups excluding tert-OH is 1. The third-order valence-electron chi connectivity index (χ3n) is 1.24. The van der Waals surface area contributed by atoms with Crippen LogP contribution in [0.3, 0.4) is 0 Å². The largest absolute Gasteiger partial charge is 0.478 e. The second-order valence-corrected chi connectivity index (χ2v) is 2.40. The molecule has 0 aliphatic rings. The fraction of sp³-hybridized carbons (Fsp3) is 0.375. The molecule has 0 amide bonds. The van der Waals surface area contributed by atoms with Crippen LogP contribution in [0.5, 0.6) is 0 Å². The van der Waals surface area contributed by atoms with Crippen molar-refractivity contribution in [1.29, 1.82) is 0 Å². The zero-order valence-electron chi connectivity index (χ0n) is 6.84. The van der Waals surface area contributed by atoms with Crippen LogP contribution in [0.15, 0.2) is 24.3 Å². The van der Waals surface area contributed by atoms with E-state index in [1.807, 2.05) is 0 Å². The quantitative estimate of drug-likeness (QED) is 0.407. The average molecular weight is 171 g/mol. The molecule has 4 heteroatoms. The molecule has 12 heavy (non-hydrogen) atoms. The van der Waals surface area contributed by atoms with Crippen LogP contribution in [-0.2, 0) is 4.79 Å². The second kappa shape index (κ2) is 5.51. The Morgan fingerprint density at radius 3 is 2.50 bits per heavy atom. The first-order chi connectivity index (χ1) is 5.54. The molecule has 0 bridgehead atoms. The summed E-state index contributed by atoms with van der Waals surface area (Å²) in [5.74, 6) is -1.01. The van der Waals surface area contributed by atoms with Crippen LogP contribution in [0, 0.1) is 0 Å². The molecule has 0 saturated carbocycles. The summed E-state index contributed by atoms with van der Waals surface area (Å²) in [4.78, 5) is 9.98. The summed E-state index contributed by atoms with van der Waals surface area (Å²) in [6, 6.07) is -0.455. The van der Waals surface area contributed by atoms with Gasteiger partial charge in [0.25, 0.3) is 0 Å². The van der Waals surface area contributed by atoms with Gasteiger partial charge in [0.05, 0.1) is 6.10 Å². The first kappa shape index (κ1) is 10.9. The zero-order valence-corrected chi connectivity index (χ0v) is 6.84. The van der Waals surface area contributed by atoms with E-state index in [-0.39, 0.29) is 0 Å². The maximum Gasteiger partial charge on any atom is 0.328 e. The second-order valence-electron chi connectivity index (χ2n) is 2.40. The van der Waals surface area contributed by atoms with Gasteiger partial charge in [-0.25, -0.2) is 4.79 Å². The molecule has 0 aliphatic carbocycles. The molecule has 0 radical (unpaired) electrons. The van der Waals surface area contributed by atoms with Gasteiger partial charge in [0.15, 0.2) is 0 Å². The summed E-state index contributed by atoms with van der Waals surface area (Å²) in [5.41, 5.74) is 5.42. The summed E-state index contributed by atoms with van der Waals surface area (Å²) in [7, 11) is 0. The molecule has 0 heterocycles. The molecule has 0 aromatic carbocycles. The van der Waals surface area contributed by atoms with E-state index < -0.39 is 18.1 Å². The van der Waals surface area contributed by atoms with E-state index in [2.05, 4.69) is 0 Å². The fourth-order valence-corrected chi connectivity index (χ4v) is 0.491. The molecule has 4 N–H and O–H groups in total. The molecule has 0 aromatic rings. The van der Waals surface area contributed by atoms with Crippen LogP contribution < -0.4 is 5.73 Å². The van der Waals surface area contributed by atoms with E-state index in [9.17, 15) is 4.79 Å². The third kappa shape index (κ3) is 5.64. The number of aliphatic hydroxyl groups is 1. The van der Waals surface area contributed by atoms with Gasteiger partial charge in [-0.05, 0) is 6.92 Å². The summed E-state index contributed by atoms with van der Waals surface area (Å²) < 4.78 is 0. The van der Waals surface area contributed by atoms with Crippen LogP contribution in [0.1, 0.15) is 6.92 Å². The topological polar surface area (TPSA) is 83.5 Å². The Labute approximate surface area is 71.0 Å². The normalized spacial score (nSPS) is 16.9. The maximum atomic E-state index is 9.98. The zero-order chi connectivity index (χ0) is 9.56. The van der Waals surface area contributed by atoms with Crippen molar-refractivity contribution in [2.45, 2.75) is 19.1 Å². The molecule has 0 unspecified atom stereocenters. The lowest BCUT2D eigenvalue weighted by Gasteiger charge is -2.07.